The van der Waals surface area contributed by atoms with Crippen LogP contribution in [-0.4, -0.2) is 55.6 Å². The van der Waals surface area contributed by atoms with Gasteiger partial charge in [-0.3, -0.25) is 9.59 Å². The monoisotopic (exact) mass is 474 g/mol. The number of hydrogen-bond acceptors (Lipinski definition) is 5. The first-order chi connectivity index (χ1) is 16.4. The first-order valence-corrected chi connectivity index (χ1v) is 12.1. The Morgan fingerprint density at radius 2 is 1.41 bits per heavy atom. The van der Waals surface area contributed by atoms with Crippen molar-refractivity contribution in [3.63, 3.8) is 0 Å². The summed E-state index contributed by atoms with van der Waals surface area (Å²) < 4.78 is 27.3. The maximum Gasteiger partial charge on any atom is 0.255 e. The Kier molecular flexibility index (Phi) is 6.72. The van der Waals surface area contributed by atoms with Gasteiger partial charge in [0.1, 0.15) is 6.07 Å². The Bertz CT molecular complexity index is 1340. The van der Waals surface area contributed by atoms with Gasteiger partial charge < -0.3 is 10.2 Å². The van der Waals surface area contributed by atoms with Crippen LogP contribution in [0.3, 0.4) is 0 Å². The molecular weight excluding hydrogens is 452 g/mol. The van der Waals surface area contributed by atoms with E-state index in [0.717, 1.165) is 0 Å². The lowest BCUT2D eigenvalue weighted by Gasteiger charge is -2.34. The van der Waals surface area contributed by atoms with Crippen molar-refractivity contribution in [3.8, 4) is 6.07 Å². The number of sulfonamides is 1. The summed E-state index contributed by atoms with van der Waals surface area (Å²) in [6, 6.07) is 23.4. The number of nitrogens with zero attached hydrogens (tertiary/aromatic N) is 3. The molecule has 3 aromatic carbocycles. The highest BCUT2D eigenvalue weighted by atomic mass is 32.2. The van der Waals surface area contributed by atoms with Crippen LogP contribution in [0.2, 0.25) is 0 Å². The van der Waals surface area contributed by atoms with Crippen LogP contribution >= 0.6 is 0 Å². The standard InChI is InChI=1S/C25H22N4O4S/c26-18-21-8-4-5-9-23(21)34(32,33)29-16-14-28(15-17-29)25(31)20-10-12-22(13-11-20)27-24(30)19-6-2-1-3-7-19/h1-13H,14-17H2,(H,27,30). The van der Waals surface area contributed by atoms with Gasteiger partial charge in [0, 0.05) is 43.0 Å². The van der Waals surface area contributed by atoms with Crippen LogP contribution in [0.4, 0.5) is 5.69 Å². The van der Waals surface area contributed by atoms with Gasteiger partial charge in [0.05, 0.1) is 10.5 Å². The highest BCUT2D eigenvalue weighted by Crippen LogP contribution is 2.22. The van der Waals surface area contributed by atoms with Gasteiger partial charge in [-0.15, -0.1) is 0 Å². The van der Waals surface area contributed by atoms with Crippen molar-refractivity contribution < 1.29 is 18.0 Å². The molecule has 0 unspecified atom stereocenters. The number of carbonyl (C=O) groups is 2. The zero-order valence-electron chi connectivity index (χ0n) is 18.2. The predicted octanol–water partition coefficient (Wildman–Crippen LogP) is 2.96. The quantitative estimate of drug-likeness (QED) is 0.611. The lowest BCUT2D eigenvalue weighted by atomic mass is 10.1. The highest BCUT2D eigenvalue weighted by Gasteiger charge is 2.31. The summed E-state index contributed by atoms with van der Waals surface area (Å²) in [7, 11) is -3.83. The molecule has 3 aromatic rings. The van der Waals surface area contributed by atoms with E-state index in [9.17, 15) is 23.3 Å². The normalized spacial score (nSPS) is 14.3. The summed E-state index contributed by atoms with van der Waals surface area (Å²) in [6.45, 7) is 0.747. The average Bonchev–Trinajstić information content (AvgIpc) is 2.89. The predicted molar refractivity (Wildman–Crippen MR) is 127 cm³/mol. The van der Waals surface area contributed by atoms with Crippen molar-refractivity contribution in [3.05, 3.63) is 95.6 Å². The van der Waals surface area contributed by atoms with Crippen LogP contribution < -0.4 is 5.32 Å². The van der Waals surface area contributed by atoms with Gasteiger partial charge in [-0.1, -0.05) is 30.3 Å². The first-order valence-electron chi connectivity index (χ1n) is 10.6. The van der Waals surface area contributed by atoms with Crippen LogP contribution in [-0.2, 0) is 10.0 Å². The lowest BCUT2D eigenvalue weighted by Crippen LogP contribution is -2.50. The fraction of sp³-hybridized carbons (Fsp3) is 0.160. The number of amides is 2. The zero-order chi connectivity index (χ0) is 24.1. The Morgan fingerprint density at radius 1 is 0.794 bits per heavy atom. The van der Waals surface area contributed by atoms with E-state index in [-0.39, 0.29) is 48.5 Å². The topological polar surface area (TPSA) is 111 Å². The van der Waals surface area contributed by atoms with Crippen LogP contribution in [0.5, 0.6) is 0 Å². The van der Waals surface area contributed by atoms with Gasteiger partial charge in [-0.05, 0) is 48.5 Å². The number of benzene rings is 3. The van der Waals surface area contributed by atoms with Crippen molar-refractivity contribution in [1.82, 2.24) is 9.21 Å². The third-order valence-corrected chi connectivity index (χ3v) is 7.53. The number of anilines is 1. The molecule has 0 aliphatic carbocycles. The molecule has 1 fully saturated rings. The van der Waals surface area contributed by atoms with E-state index < -0.39 is 10.0 Å². The number of nitrogens with one attached hydrogen (secondary N) is 1. The van der Waals surface area contributed by atoms with Crippen LogP contribution in [0.1, 0.15) is 26.3 Å². The summed E-state index contributed by atoms with van der Waals surface area (Å²) in [4.78, 5) is 26.8. The van der Waals surface area contributed by atoms with Gasteiger partial charge >= 0.3 is 0 Å². The lowest BCUT2D eigenvalue weighted by molar-refractivity contribution is 0.0698. The van der Waals surface area contributed by atoms with Crippen molar-refractivity contribution in [2.45, 2.75) is 4.90 Å². The molecule has 1 saturated heterocycles. The third-order valence-electron chi connectivity index (χ3n) is 5.58. The third kappa shape index (κ3) is 4.83. The number of carbonyl (C=O) groups excluding carboxylic acids is 2. The molecule has 0 spiro atoms. The summed E-state index contributed by atoms with van der Waals surface area (Å²) in [5.74, 6) is -0.453. The molecule has 1 heterocycles. The van der Waals surface area contributed by atoms with Crippen LogP contribution in [0, 0.1) is 11.3 Å². The Balaban J connectivity index is 1.38. The van der Waals surface area contributed by atoms with Crippen molar-refractivity contribution in [2.24, 2.45) is 0 Å². The maximum absolute atomic E-state index is 13.0. The van der Waals surface area contributed by atoms with Gasteiger partial charge in [-0.2, -0.15) is 9.57 Å². The zero-order valence-corrected chi connectivity index (χ0v) is 19.0. The molecule has 8 nitrogen and oxygen atoms in total. The van der Waals surface area contributed by atoms with Crippen LogP contribution in [0.25, 0.3) is 0 Å². The molecule has 4 rings (SSSR count). The highest BCUT2D eigenvalue weighted by molar-refractivity contribution is 7.89. The number of hydrogen-bond donors (Lipinski definition) is 1. The van der Waals surface area contributed by atoms with Crippen molar-refractivity contribution in [2.75, 3.05) is 31.5 Å². The first kappa shape index (κ1) is 23.2. The molecule has 2 amide bonds. The molecule has 0 atom stereocenters. The number of piperazine rings is 1. The molecule has 0 bridgehead atoms. The van der Waals surface area contributed by atoms with E-state index in [2.05, 4.69) is 5.32 Å². The molecule has 0 aromatic heterocycles. The molecule has 0 saturated carbocycles. The Labute approximate surface area is 198 Å². The summed E-state index contributed by atoms with van der Waals surface area (Å²) >= 11 is 0. The van der Waals surface area contributed by atoms with Crippen LogP contribution in [0.15, 0.2) is 83.8 Å². The summed E-state index contributed by atoms with van der Waals surface area (Å²) in [5, 5.41) is 12.0. The van der Waals surface area contributed by atoms with Gasteiger partial charge in [-0.25, -0.2) is 8.42 Å². The molecule has 1 aliphatic heterocycles. The fourth-order valence-electron chi connectivity index (χ4n) is 3.73. The molecule has 34 heavy (non-hydrogen) atoms. The van der Waals surface area contributed by atoms with Crippen molar-refractivity contribution in [1.29, 1.82) is 5.26 Å². The SMILES string of the molecule is N#Cc1ccccc1S(=O)(=O)N1CCN(C(=O)c2ccc(NC(=O)c3ccccc3)cc2)CC1. The van der Waals surface area contributed by atoms with E-state index in [1.807, 2.05) is 12.1 Å². The van der Waals surface area contributed by atoms with E-state index >= 15 is 0 Å². The minimum Gasteiger partial charge on any atom is -0.336 e. The molecular formula is C25H22N4O4S. The summed E-state index contributed by atoms with van der Waals surface area (Å²) in [5.41, 5.74) is 1.65. The van der Waals surface area contributed by atoms with E-state index in [0.29, 0.717) is 16.8 Å². The maximum atomic E-state index is 13.0. The number of rotatable bonds is 5. The number of nitriles is 1. The second-order valence-electron chi connectivity index (χ2n) is 7.70. The fourth-order valence-corrected chi connectivity index (χ4v) is 5.29. The van der Waals surface area contributed by atoms with E-state index in [1.165, 1.54) is 16.4 Å². The molecule has 1 aliphatic rings. The van der Waals surface area contributed by atoms with Gasteiger partial charge in [0.25, 0.3) is 11.8 Å². The minimum absolute atomic E-state index is 0.0228. The van der Waals surface area contributed by atoms with Crippen molar-refractivity contribution >= 4 is 27.5 Å². The summed E-state index contributed by atoms with van der Waals surface area (Å²) in [6.07, 6.45) is 0. The Hall–Kier alpha value is -4.00. The van der Waals surface area contributed by atoms with Gasteiger partial charge in [0.15, 0.2) is 0 Å². The Morgan fingerprint density at radius 3 is 2.06 bits per heavy atom. The molecule has 1 N–H and O–H groups in total. The molecule has 9 heteroatoms. The second-order valence-corrected chi connectivity index (χ2v) is 9.61. The molecule has 0 radical (unpaired) electrons. The van der Waals surface area contributed by atoms with E-state index in [1.54, 1.807) is 65.6 Å². The van der Waals surface area contributed by atoms with Gasteiger partial charge in [0.2, 0.25) is 10.0 Å². The average molecular weight is 475 g/mol. The smallest absolute Gasteiger partial charge is 0.255 e. The largest absolute Gasteiger partial charge is 0.336 e. The van der Waals surface area contributed by atoms with E-state index in [4.69, 9.17) is 0 Å². The minimum atomic E-state index is -3.83. The second kappa shape index (κ2) is 9.87. The molecule has 172 valence electrons.